The highest BCUT2D eigenvalue weighted by Crippen LogP contribution is 2.26. The minimum absolute atomic E-state index is 0.00157. The average Bonchev–Trinajstić information content (AvgIpc) is 2.98. The number of nitrogens with zero attached hydrogens (tertiary/aromatic N) is 1. The van der Waals surface area contributed by atoms with Crippen molar-refractivity contribution in [1.29, 1.82) is 0 Å². The van der Waals surface area contributed by atoms with E-state index in [0.717, 1.165) is 11.1 Å². The Hall–Kier alpha value is -1.85. The lowest BCUT2D eigenvalue weighted by Gasteiger charge is -2.29. The Kier molecular flexibility index (Phi) is 5.87. The van der Waals surface area contributed by atoms with Crippen LogP contribution in [0, 0.1) is 0 Å². The second kappa shape index (κ2) is 7.88. The van der Waals surface area contributed by atoms with E-state index in [9.17, 15) is 13.2 Å². The highest BCUT2D eigenvalue weighted by Gasteiger charge is 2.35. The maximum Gasteiger partial charge on any atom is 0.254 e. The average molecular weight is 420 g/mol. The Bertz CT molecular complexity index is 962. The molecular weight excluding hydrogens is 394 g/mol. The molecular formula is C22H26ClNO3S. The molecule has 0 N–H and O–H groups in total. The van der Waals surface area contributed by atoms with Crippen molar-refractivity contribution in [1.82, 2.24) is 4.90 Å². The highest BCUT2D eigenvalue weighted by molar-refractivity contribution is 7.91. The lowest BCUT2D eigenvalue weighted by atomic mass is 9.86. The lowest BCUT2D eigenvalue weighted by Crippen LogP contribution is -2.40. The van der Waals surface area contributed by atoms with Crippen LogP contribution < -0.4 is 0 Å². The second-order valence-corrected chi connectivity index (χ2v) is 11.1. The van der Waals surface area contributed by atoms with E-state index >= 15 is 0 Å². The zero-order valence-electron chi connectivity index (χ0n) is 16.5. The molecule has 2 aromatic carbocycles. The van der Waals surface area contributed by atoms with Gasteiger partial charge in [-0.3, -0.25) is 4.79 Å². The largest absolute Gasteiger partial charge is 0.330 e. The Morgan fingerprint density at radius 2 is 1.82 bits per heavy atom. The van der Waals surface area contributed by atoms with Crippen LogP contribution in [0.25, 0.3) is 0 Å². The quantitative estimate of drug-likeness (QED) is 0.734. The van der Waals surface area contributed by atoms with Crippen molar-refractivity contribution in [3.8, 4) is 0 Å². The smallest absolute Gasteiger partial charge is 0.254 e. The molecule has 2 aromatic rings. The zero-order valence-corrected chi connectivity index (χ0v) is 18.1. The summed E-state index contributed by atoms with van der Waals surface area (Å²) in [5.74, 6) is -0.0122. The number of benzene rings is 2. The lowest BCUT2D eigenvalue weighted by molar-refractivity contribution is 0.0681. The molecule has 1 aliphatic heterocycles. The molecule has 0 saturated carbocycles. The van der Waals surface area contributed by atoms with Gasteiger partial charge in [-0.25, -0.2) is 8.42 Å². The van der Waals surface area contributed by atoms with Crippen LogP contribution in [0.5, 0.6) is 0 Å². The van der Waals surface area contributed by atoms with E-state index in [-0.39, 0.29) is 28.9 Å². The van der Waals surface area contributed by atoms with Gasteiger partial charge < -0.3 is 4.90 Å². The van der Waals surface area contributed by atoms with Gasteiger partial charge in [0.1, 0.15) is 0 Å². The fraction of sp³-hybridized carbons (Fsp3) is 0.409. The standard InChI is InChI=1S/C22H26ClNO3S/c1-22(2,3)18-9-7-17(8-10-18)21(25)24(20-11-12-28(26,27)15-20)14-16-5-4-6-19(23)13-16/h4-10,13,20H,11-12,14-15H2,1-3H3/t20-/m1/s1. The van der Waals surface area contributed by atoms with E-state index < -0.39 is 9.84 Å². The summed E-state index contributed by atoms with van der Waals surface area (Å²) in [6, 6.07) is 14.6. The van der Waals surface area contributed by atoms with Crippen molar-refractivity contribution >= 4 is 27.3 Å². The van der Waals surface area contributed by atoms with E-state index in [1.54, 1.807) is 11.0 Å². The molecule has 1 aliphatic rings. The van der Waals surface area contributed by atoms with Gasteiger partial charge in [0.15, 0.2) is 9.84 Å². The Balaban J connectivity index is 1.90. The third-order valence-corrected chi connectivity index (χ3v) is 7.14. The van der Waals surface area contributed by atoms with E-state index in [0.29, 0.717) is 23.6 Å². The van der Waals surface area contributed by atoms with Crippen molar-refractivity contribution in [3.05, 3.63) is 70.2 Å². The van der Waals surface area contributed by atoms with Gasteiger partial charge >= 0.3 is 0 Å². The van der Waals surface area contributed by atoms with E-state index in [4.69, 9.17) is 11.6 Å². The molecule has 0 unspecified atom stereocenters. The van der Waals surface area contributed by atoms with Crippen LogP contribution in [0.2, 0.25) is 5.02 Å². The summed E-state index contributed by atoms with van der Waals surface area (Å²) in [4.78, 5) is 15.0. The molecule has 1 fully saturated rings. The molecule has 1 atom stereocenters. The monoisotopic (exact) mass is 419 g/mol. The molecule has 1 amide bonds. The minimum Gasteiger partial charge on any atom is -0.330 e. The number of sulfone groups is 1. The van der Waals surface area contributed by atoms with Crippen molar-refractivity contribution in [3.63, 3.8) is 0 Å². The fourth-order valence-electron chi connectivity index (χ4n) is 3.50. The Labute approximate surface area is 172 Å². The van der Waals surface area contributed by atoms with E-state index in [1.807, 2.05) is 42.5 Å². The number of rotatable bonds is 4. The summed E-state index contributed by atoms with van der Waals surface area (Å²) in [7, 11) is -3.10. The van der Waals surface area contributed by atoms with Crippen molar-refractivity contribution in [2.75, 3.05) is 11.5 Å². The molecule has 0 bridgehead atoms. The molecule has 0 aliphatic carbocycles. The SMILES string of the molecule is CC(C)(C)c1ccc(C(=O)N(Cc2cccc(Cl)c2)[C@@H]2CCS(=O)(=O)C2)cc1. The van der Waals surface area contributed by atoms with Gasteiger partial charge in [-0.1, -0.05) is 56.6 Å². The first kappa shape index (κ1) is 20.9. The van der Waals surface area contributed by atoms with Gasteiger partial charge in [0.25, 0.3) is 5.91 Å². The predicted octanol–water partition coefficient (Wildman–Crippen LogP) is 4.47. The summed E-state index contributed by atoms with van der Waals surface area (Å²) >= 11 is 6.09. The van der Waals surface area contributed by atoms with Crippen LogP contribution in [0.15, 0.2) is 48.5 Å². The Morgan fingerprint density at radius 3 is 2.36 bits per heavy atom. The van der Waals surface area contributed by atoms with Crippen molar-refractivity contribution in [2.24, 2.45) is 0 Å². The van der Waals surface area contributed by atoms with Crippen LogP contribution in [0.4, 0.5) is 0 Å². The van der Waals surface area contributed by atoms with E-state index in [2.05, 4.69) is 20.8 Å². The van der Waals surface area contributed by atoms with Gasteiger partial charge in [-0.05, 0) is 47.2 Å². The first-order valence-electron chi connectivity index (χ1n) is 9.41. The summed E-state index contributed by atoms with van der Waals surface area (Å²) in [6.07, 6.45) is 0.467. The molecule has 3 rings (SSSR count). The summed E-state index contributed by atoms with van der Waals surface area (Å²) < 4.78 is 24.0. The van der Waals surface area contributed by atoms with Crippen LogP contribution in [0.3, 0.4) is 0 Å². The fourth-order valence-corrected chi connectivity index (χ4v) is 5.44. The second-order valence-electron chi connectivity index (χ2n) is 8.45. The summed E-state index contributed by atoms with van der Waals surface area (Å²) in [5, 5.41) is 0.596. The van der Waals surface area contributed by atoms with Gasteiger partial charge in [0.05, 0.1) is 11.5 Å². The third kappa shape index (κ3) is 4.95. The topological polar surface area (TPSA) is 54.5 Å². The number of carbonyl (C=O) groups is 1. The van der Waals surface area contributed by atoms with Crippen LogP contribution in [0.1, 0.15) is 48.7 Å². The van der Waals surface area contributed by atoms with Gasteiger partial charge in [-0.2, -0.15) is 0 Å². The molecule has 150 valence electrons. The molecule has 0 spiro atoms. The number of hydrogen-bond acceptors (Lipinski definition) is 3. The minimum atomic E-state index is -3.10. The molecule has 0 radical (unpaired) electrons. The van der Waals surface area contributed by atoms with Crippen LogP contribution in [-0.2, 0) is 21.8 Å². The molecule has 28 heavy (non-hydrogen) atoms. The highest BCUT2D eigenvalue weighted by atomic mass is 35.5. The number of amides is 1. The molecule has 1 heterocycles. The maximum atomic E-state index is 13.3. The third-order valence-electron chi connectivity index (χ3n) is 5.15. The summed E-state index contributed by atoms with van der Waals surface area (Å²) in [6.45, 7) is 6.70. The molecule has 0 aromatic heterocycles. The summed E-state index contributed by atoms with van der Waals surface area (Å²) in [5.41, 5.74) is 2.60. The van der Waals surface area contributed by atoms with Crippen molar-refractivity contribution < 1.29 is 13.2 Å². The first-order chi connectivity index (χ1) is 13.0. The predicted molar refractivity (Wildman–Crippen MR) is 114 cm³/mol. The van der Waals surface area contributed by atoms with Crippen molar-refractivity contribution in [2.45, 2.75) is 45.2 Å². The zero-order chi connectivity index (χ0) is 20.5. The van der Waals surface area contributed by atoms with Crippen LogP contribution in [-0.4, -0.2) is 36.8 Å². The number of hydrogen-bond donors (Lipinski definition) is 0. The normalized spacial score (nSPS) is 18.8. The van der Waals surface area contributed by atoms with Crippen LogP contribution >= 0.6 is 11.6 Å². The molecule has 1 saturated heterocycles. The number of carbonyl (C=O) groups excluding carboxylic acids is 1. The Morgan fingerprint density at radius 1 is 1.14 bits per heavy atom. The van der Waals surface area contributed by atoms with Gasteiger partial charge in [0.2, 0.25) is 0 Å². The van der Waals surface area contributed by atoms with Gasteiger partial charge in [-0.15, -0.1) is 0 Å². The number of halogens is 1. The first-order valence-corrected chi connectivity index (χ1v) is 11.6. The van der Waals surface area contributed by atoms with E-state index in [1.165, 1.54) is 0 Å². The maximum absolute atomic E-state index is 13.3. The molecule has 6 heteroatoms. The molecule has 4 nitrogen and oxygen atoms in total. The van der Waals surface area contributed by atoms with Gasteiger partial charge in [0, 0.05) is 23.2 Å².